The molecule has 28 heavy (non-hydrogen) atoms. The molecule has 4 atom stereocenters. The Morgan fingerprint density at radius 1 is 1.11 bits per heavy atom. The molecule has 0 amide bonds. The van der Waals surface area contributed by atoms with Crippen molar-refractivity contribution < 1.29 is 9.53 Å². The highest BCUT2D eigenvalue weighted by molar-refractivity contribution is 5.87. The monoisotopic (exact) mass is 381 g/mol. The molecule has 1 saturated heterocycles. The number of nitrogens with zero attached hydrogens (tertiary/aromatic N) is 1. The molecular formula is C25H35NO2. The molecule has 0 bridgehead atoms. The lowest BCUT2D eigenvalue weighted by molar-refractivity contribution is -0.129. The number of piperidine rings is 1. The average Bonchev–Trinajstić information content (AvgIpc) is 3.03. The average molecular weight is 382 g/mol. The number of benzene rings is 1. The smallest absolute Gasteiger partial charge is 0.139 e. The second kappa shape index (κ2) is 7.48. The summed E-state index contributed by atoms with van der Waals surface area (Å²) in [5, 5.41) is 0. The molecule has 3 unspecified atom stereocenters. The first-order valence-corrected chi connectivity index (χ1v) is 11.7. The van der Waals surface area contributed by atoms with Gasteiger partial charge in [-0.3, -0.25) is 9.69 Å². The summed E-state index contributed by atoms with van der Waals surface area (Å²) in [5.41, 5.74) is 3.04. The fraction of sp³-hybridized carbons (Fsp3) is 0.720. The Morgan fingerprint density at radius 2 is 1.96 bits per heavy atom. The molecule has 0 N–H and O–H groups in total. The van der Waals surface area contributed by atoms with Crippen molar-refractivity contribution in [1.82, 2.24) is 4.90 Å². The molecule has 3 aliphatic carbocycles. The van der Waals surface area contributed by atoms with Gasteiger partial charge in [0.05, 0.1) is 0 Å². The molecule has 2 saturated carbocycles. The largest absolute Gasteiger partial charge is 0.492 e. The van der Waals surface area contributed by atoms with Crippen molar-refractivity contribution in [3.8, 4) is 5.75 Å². The second-order valence-electron chi connectivity index (χ2n) is 9.94. The molecule has 1 aromatic rings. The van der Waals surface area contributed by atoms with Gasteiger partial charge < -0.3 is 4.74 Å². The number of Topliss-reactive ketones (excluding diaryl/α,β-unsaturated/α-hetero) is 1. The lowest BCUT2D eigenvalue weighted by Gasteiger charge is -2.48. The van der Waals surface area contributed by atoms with Gasteiger partial charge in [0, 0.05) is 18.4 Å². The van der Waals surface area contributed by atoms with Crippen LogP contribution in [0, 0.1) is 17.3 Å². The zero-order valence-corrected chi connectivity index (χ0v) is 17.4. The van der Waals surface area contributed by atoms with Crippen LogP contribution in [0.25, 0.3) is 0 Å². The maximum Gasteiger partial charge on any atom is 0.139 e. The van der Waals surface area contributed by atoms with E-state index < -0.39 is 0 Å². The number of carbonyl (C=O) groups excluding carboxylic acids is 1. The number of hydrogen-bond donors (Lipinski definition) is 0. The van der Waals surface area contributed by atoms with E-state index in [4.69, 9.17) is 4.74 Å². The van der Waals surface area contributed by atoms with Crippen molar-refractivity contribution in [2.24, 2.45) is 17.3 Å². The SMILES string of the molecule is C[C@]12CCC3c4ccc(OCCN5CCCCC5)cc4CCC3C1CCC2=O. The minimum absolute atomic E-state index is 0.0177. The van der Waals surface area contributed by atoms with Gasteiger partial charge in [0.1, 0.15) is 18.1 Å². The third kappa shape index (κ3) is 3.20. The number of ether oxygens (including phenoxy) is 1. The van der Waals surface area contributed by atoms with Crippen LogP contribution in [0.1, 0.15) is 75.3 Å². The maximum absolute atomic E-state index is 12.5. The molecule has 1 heterocycles. The summed E-state index contributed by atoms with van der Waals surface area (Å²) in [7, 11) is 0. The third-order valence-electron chi connectivity index (χ3n) is 8.53. The van der Waals surface area contributed by atoms with E-state index in [1.54, 1.807) is 5.56 Å². The summed E-state index contributed by atoms with van der Waals surface area (Å²) in [4.78, 5) is 15.0. The van der Waals surface area contributed by atoms with E-state index in [1.807, 2.05) is 0 Å². The lowest BCUT2D eigenvalue weighted by atomic mass is 9.55. The minimum atomic E-state index is -0.0177. The topological polar surface area (TPSA) is 29.5 Å². The summed E-state index contributed by atoms with van der Waals surface area (Å²) in [5.74, 6) is 3.58. The molecule has 152 valence electrons. The van der Waals surface area contributed by atoms with Crippen molar-refractivity contribution in [2.75, 3.05) is 26.2 Å². The van der Waals surface area contributed by atoms with Gasteiger partial charge >= 0.3 is 0 Å². The van der Waals surface area contributed by atoms with Gasteiger partial charge in [-0.25, -0.2) is 0 Å². The molecule has 5 rings (SSSR count). The van der Waals surface area contributed by atoms with Gasteiger partial charge in [-0.1, -0.05) is 19.4 Å². The summed E-state index contributed by atoms with van der Waals surface area (Å²) >= 11 is 0. The summed E-state index contributed by atoms with van der Waals surface area (Å²) in [6, 6.07) is 6.86. The van der Waals surface area contributed by atoms with E-state index in [2.05, 4.69) is 30.0 Å². The van der Waals surface area contributed by atoms with Gasteiger partial charge in [-0.2, -0.15) is 0 Å². The van der Waals surface area contributed by atoms with Gasteiger partial charge in [0.15, 0.2) is 0 Å². The van der Waals surface area contributed by atoms with Crippen LogP contribution < -0.4 is 4.74 Å². The minimum Gasteiger partial charge on any atom is -0.492 e. The van der Waals surface area contributed by atoms with Crippen LogP contribution in [-0.4, -0.2) is 36.9 Å². The molecule has 3 fully saturated rings. The van der Waals surface area contributed by atoms with E-state index in [1.165, 1.54) is 50.8 Å². The number of hydrogen-bond acceptors (Lipinski definition) is 3. The van der Waals surface area contributed by atoms with Crippen LogP contribution in [-0.2, 0) is 11.2 Å². The number of aryl methyl sites for hydroxylation is 1. The van der Waals surface area contributed by atoms with E-state index in [9.17, 15) is 4.79 Å². The van der Waals surface area contributed by atoms with E-state index in [0.29, 0.717) is 23.5 Å². The Morgan fingerprint density at radius 3 is 2.82 bits per heavy atom. The zero-order chi connectivity index (χ0) is 19.1. The van der Waals surface area contributed by atoms with Gasteiger partial charge in [-0.15, -0.1) is 0 Å². The molecule has 1 aromatic carbocycles. The van der Waals surface area contributed by atoms with Crippen LogP contribution in [0.5, 0.6) is 5.75 Å². The first-order chi connectivity index (χ1) is 13.6. The first kappa shape index (κ1) is 18.7. The summed E-state index contributed by atoms with van der Waals surface area (Å²) in [6.45, 7) is 6.58. The quantitative estimate of drug-likeness (QED) is 0.737. The van der Waals surface area contributed by atoms with Crippen molar-refractivity contribution in [3.05, 3.63) is 29.3 Å². The standard InChI is InChI=1S/C25H35NO2/c1-25-12-11-21-20-8-6-19(28-16-15-26-13-3-2-4-14-26)17-18(20)5-7-22(21)23(25)9-10-24(25)27/h6,8,17,21-23H,2-5,7,9-16H2,1H3/t21?,22?,23?,25-/m0/s1. The molecule has 3 nitrogen and oxygen atoms in total. The highest BCUT2D eigenvalue weighted by Crippen LogP contribution is 2.59. The van der Waals surface area contributed by atoms with Crippen LogP contribution >= 0.6 is 0 Å². The molecular weight excluding hydrogens is 346 g/mol. The van der Waals surface area contributed by atoms with E-state index >= 15 is 0 Å². The Bertz CT molecular complexity index is 738. The first-order valence-electron chi connectivity index (χ1n) is 11.7. The highest BCUT2D eigenvalue weighted by Gasteiger charge is 2.54. The lowest BCUT2D eigenvalue weighted by Crippen LogP contribution is -2.42. The van der Waals surface area contributed by atoms with E-state index in [-0.39, 0.29) is 5.41 Å². The molecule has 0 radical (unpaired) electrons. The van der Waals surface area contributed by atoms with Gasteiger partial charge in [0.2, 0.25) is 0 Å². The number of likely N-dealkylation sites (tertiary alicyclic amines) is 1. The third-order valence-corrected chi connectivity index (χ3v) is 8.53. The Kier molecular flexibility index (Phi) is 4.99. The fourth-order valence-corrected chi connectivity index (χ4v) is 6.90. The van der Waals surface area contributed by atoms with Crippen LogP contribution in [0.2, 0.25) is 0 Å². The molecule has 4 aliphatic rings. The summed E-state index contributed by atoms with van der Waals surface area (Å²) < 4.78 is 6.12. The molecule has 3 heteroatoms. The summed E-state index contributed by atoms with van der Waals surface area (Å²) in [6.07, 6.45) is 10.7. The van der Waals surface area contributed by atoms with Crippen molar-refractivity contribution in [3.63, 3.8) is 0 Å². The Hall–Kier alpha value is -1.35. The second-order valence-corrected chi connectivity index (χ2v) is 9.94. The van der Waals surface area contributed by atoms with E-state index in [0.717, 1.165) is 44.6 Å². The Balaban J connectivity index is 1.25. The Labute approximate surface area is 169 Å². The van der Waals surface area contributed by atoms with Gasteiger partial charge in [-0.05, 0) is 99.0 Å². The number of fused-ring (bicyclic) bond motifs is 5. The predicted octanol–water partition coefficient (Wildman–Crippen LogP) is 4.98. The van der Waals surface area contributed by atoms with Crippen molar-refractivity contribution in [1.29, 1.82) is 0 Å². The van der Waals surface area contributed by atoms with Crippen LogP contribution in [0.15, 0.2) is 18.2 Å². The molecule has 1 aliphatic heterocycles. The fourth-order valence-electron chi connectivity index (χ4n) is 6.90. The zero-order valence-electron chi connectivity index (χ0n) is 17.4. The highest BCUT2D eigenvalue weighted by atomic mass is 16.5. The molecule has 0 spiro atoms. The number of carbonyl (C=O) groups is 1. The van der Waals surface area contributed by atoms with Crippen LogP contribution in [0.4, 0.5) is 0 Å². The van der Waals surface area contributed by atoms with Gasteiger partial charge in [0.25, 0.3) is 0 Å². The number of ketones is 1. The van der Waals surface area contributed by atoms with Crippen molar-refractivity contribution in [2.45, 2.75) is 70.6 Å². The number of rotatable bonds is 4. The molecule has 0 aromatic heterocycles. The van der Waals surface area contributed by atoms with Crippen LogP contribution in [0.3, 0.4) is 0 Å². The maximum atomic E-state index is 12.5. The van der Waals surface area contributed by atoms with Crippen molar-refractivity contribution >= 4 is 5.78 Å². The normalized spacial score (nSPS) is 35.2. The predicted molar refractivity (Wildman–Crippen MR) is 112 cm³/mol.